The number of rotatable bonds is 7. The third-order valence-electron chi connectivity index (χ3n) is 7.67. The molecule has 9 heteroatoms. The molecule has 0 saturated carbocycles. The first kappa shape index (κ1) is 25.1. The van der Waals surface area contributed by atoms with E-state index in [2.05, 4.69) is 42.4 Å². The molecular weight excluding hydrogens is 515 g/mol. The second-order valence-electron chi connectivity index (χ2n) is 10.6. The van der Waals surface area contributed by atoms with Gasteiger partial charge in [0.1, 0.15) is 11.5 Å². The molecule has 0 amide bonds. The lowest BCUT2D eigenvalue weighted by Gasteiger charge is -2.23. The summed E-state index contributed by atoms with van der Waals surface area (Å²) in [5.74, 6) is 0.989. The van der Waals surface area contributed by atoms with Crippen molar-refractivity contribution in [2.75, 3.05) is 18.4 Å². The number of benzene rings is 2. The van der Waals surface area contributed by atoms with Crippen LogP contribution < -0.4 is 10.6 Å². The maximum absolute atomic E-state index is 14.0. The summed E-state index contributed by atoms with van der Waals surface area (Å²) in [6, 6.07) is 16.4. The molecule has 0 aliphatic carbocycles. The second kappa shape index (κ2) is 10.6. The Hall–Kier alpha value is -4.89. The Labute approximate surface area is 236 Å². The summed E-state index contributed by atoms with van der Waals surface area (Å²) in [7, 11) is 0. The van der Waals surface area contributed by atoms with Crippen molar-refractivity contribution in [3.63, 3.8) is 0 Å². The van der Waals surface area contributed by atoms with Crippen LogP contribution in [0.2, 0.25) is 0 Å². The molecular formula is C32H29FN8. The normalized spacial score (nSPS) is 14.1. The minimum absolute atomic E-state index is 0.284. The Kier molecular flexibility index (Phi) is 6.48. The smallest absolute Gasteiger partial charge is 0.159 e. The summed E-state index contributed by atoms with van der Waals surface area (Å²) < 4.78 is 14.0. The number of nitrogens with one attached hydrogen (secondary N) is 4. The highest BCUT2D eigenvalue weighted by molar-refractivity contribution is 5.97. The summed E-state index contributed by atoms with van der Waals surface area (Å²) >= 11 is 0. The number of halogens is 1. The van der Waals surface area contributed by atoms with Gasteiger partial charge in [-0.15, -0.1) is 0 Å². The number of hydrogen-bond acceptors (Lipinski definition) is 6. The topological polar surface area (TPSA) is 107 Å². The van der Waals surface area contributed by atoms with E-state index >= 15 is 0 Å². The van der Waals surface area contributed by atoms with Gasteiger partial charge in [-0.05, 0) is 74.2 Å². The number of fused-ring (bicyclic) bond motifs is 2. The van der Waals surface area contributed by atoms with Crippen molar-refractivity contribution in [1.29, 1.82) is 0 Å². The zero-order valence-electron chi connectivity index (χ0n) is 22.4. The zero-order chi connectivity index (χ0) is 27.8. The number of para-hydroxylation sites is 1. The fourth-order valence-corrected chi connectivity index (χ4v) is 5.63. The number of H-pyrrole nitrogens is 2. The Balaban J connectivity index is 1.19. The molecule has 2 aromatic carbocycles. The number of allylic oxidation sites excluding steroid dienone is 1. The van der Waals surface area contributed by atoms with Crippen molar-refractivity contribution in [3.8, 4) is 33.9 Å². The van der Waals surface area contributed by atoms with Crippen LogP contribution in [0, 0.1) is 11.7 Å². The molecule has 0 bridgehead atoms. The van der Waals surface area contributed by atoms with E-state index in [0.29, 0.717) is 17.4 Å². The molecule has 0 unspecified atom stereocenters. The number of aromatic nitrogens is 6. The quantitative estimate of drug-likeness (QED) is 0.179. The van der Waals surface area contributed by atoms with Gasteiger partial charge in [0.15, 0.2) is 5.82 Å². The minimum Gasteiger partial charge on any atom is -0.358 e. The van der Waals surface area contributed by atoms with Crippen molar-refractivity contribution >= 4 is 27.6 Å². The van der Waals surface area contributed by atoms with Gasteiger partial charge in [0.2, 0.25) is 0 Å². The lowest BCUT2D eigenvalue weighted by atomic mass is 9.93. The highest BCUT2D eigenvalue weighted by atomic mass is 19.1. The third-order valence-corrected chi connectivity index (χ3v) is 7.67. The largest absolute Gasteiger partial charge is 0.358 e. The summed E-state index contributed by atoms with van der Waals surface area (Å²) in [4.78, 5) is 17.4. The van der Waals surface area contributed by atoms with Crippen LogP contribution in [0.3, 0.4) is 0 Å². The number of anilines is 1. The molecule has 5 heterocycles. The highest BCUT2D eigenvalue weighted by Gasteiger charge is 2.17. The monoisotopic (exact) mass is 544 g/mol. The first-order chi connectivity index (χ1) is 20.1. The number of nitrogens with zero attached hydrogens (tertiary/aromatic N) is 4. The molecule has 4 N–H and O–H groups in total. The van der Waals surface area contributed by atoms with Gasteiger partial charge in [-0.25, -0.2) is 9.37 Å². The van der Waals surface area contributed by atoms with E-state index in [1.165, 1.54) is 25.0 Å². The van der Waals surface area contributed by atoms with Crippen LogP contribution in [0.4, 0.5) is 10.1 Å². The predicted molar refractivity (Wildman–Crippen MR) is 161 cm³/mol. The lowest BCUT2D eigenvalue weighted by Crippen LogP contribution is -2.28. The number of aromatic amines is 2. The predicted octanol–water partition coefficient (Wildman–Crippen LogP) is 6.68. The first-order valence-corrected chi connectivity index (χ1v) is 13.8. The Morgan fingerprint density at radius 1 is 0.976 bits per heavy atom. The molecule has 0 spiro atoms. The van der Waals surface area contributed by atoms with E-state index in [1.54, 1.807) is 18.5 Å². The maximum atomic E-state index is 14.0. The van der Waals surface area contributed by atoms with Crippen molar-refractivity contribution in [2.24, 2.45) is 5.92 Å². The van der Waals surface area contributed by atoms with E-state index in [-0.39, 0.29) is 5.82 Å². The molecule has 7 rings (SSSR count). The first-order valence-electron chi connectivity index (χ1n) is 13.8. The molecule has 1 aliphatic heterocycles. The molecule has 4 aromatic heterocycles. The minimum atomic E-state index is -0.284. The molecule has 6 aromatic rings. The van der Waals surface area contributed by atoms with Crippen LogP contribution in [0.5, 0.6) is 0 Å². The summed E-state index contributed by atoms with van der Waals surface area (Å²) in [6.07, 6.45) is 8.69. The summed E-state index contributed by atoms with van der Waals surface area (Å²) in [5, 5.41) is 15.4. The van der Waals surface area contributed by atoms with Gasteiger partial charge in [-0.2, -0.15) is 5.10 Å². The molecule has 1 saturated heterocycles. The number of hydrogen-bond donors (Lipinski definition) is 4. The van der Waals surface area contributed by atoms with E-state index in [9.17, 15) is 4.39 Å². The van der Waals surface area contributed by atoms with Gasteiger partial charge >= 0.3 is 0 Å². The van der Waals surface area contributed by atoms with E-state index < -0.39 is 0 Å². The van der Waals surface area contributed by atoms with Crippen LogP contribution in [-0.2, 0) is 0 Å². The van der Waals surface area contributed by atoms with Gasteiger partial charge < -0.3 is 15.6 Å². The highest BCUT2D eigenvalue weighted by Crippen LogP contribution is 2.33. The number of piperidine rings is 1. The zero-order valence-corrected chi connectivity index (χ0v) is 22.4. The van der Waals surface area contributed by atoms with Gasteiger partial charge in [-0.1, -0.05) is 30.8 Å². The van der Waals surface area contributed by atoms with Crippen LogP contribution in [0.15, 0.2) is 85.5 Å². The van der Waals surface area contributed by atoms with Crippen molar-refractivity contribution in [2.45, 2.75) is 19.3 Å². The van der Waals surface area contributed by atoms with Crippen LogP contribution in [-0.4, -0.2) is 43.2 Å². The molecule has 8 nitrogen and oxygen atoms in total. The standard InChI is InChI=1S/C32H29FN8/c1-19(12-20-8-10-34-11-9-20)37-24-14-22(16-35-17-24)28-15-26-29(18-36-28)40-41-31(26)32-38-27-7-3-6-25(30(27)39-32)21-4-2-5-23(33)13-21/h2-7,13-18,20,34,37H,1,8-12H2,(H,38,39)(H,40,41). The Bertz CT molecular complexity index is 1880. The van der Waals surface area contributed by atoms with Crippen molar-refractivity contribution < 1.29 is 4.39 Å². The Morgan fingerprint density at radius 2 is 1.85 bits per heavy atom. The average Bonchev–Trinajstić information content (AvgIpc) is 3.61. The molecule has 0 radical (unpaired) electrons. The van der Waals surface area contributed by atoms with E-state index in [0.717, 1.165) is 75.2 Å². The fourth-order valence-electron chi connectivity index (χ4n) is 5.63. The molecule has 1 aliphatic rings. The lowest BCUT2D eigenvalue weighted by molar-refractivity contribution is 0.373. The fraction of sp³-hybridized carbons (Fsp3) is 0.188. The van der Waals surface area contributed by atoms with Crippen molar-refractivity contribution in [1.82, 2.24) is 35.5 Å². The van der Waals surface area contributed by atoms with Crippen LogP contribution in [0.1, 0.15) is 19.3 Å². The number of imidazole rings is 1. The van der Waals surface area contributed by atoms with Crippen LogP contribution in [0.25, 0.3) is 55.8 Å². The SMILES string of the molecule is C=C(CC1CCNCC1)Nc1cncc(-c2cc3c(-c4nc5c(-c6cccc(F)c6)cccc5[nH]4)n[nH]c3cn2)c1. The van der Waals surface area contributed by atoms with Gasteiger partial charge in [0, 0.05) is 28.4 Å². The maximum Gasteiger partial charge on any atom is 0.159 e. The van der Waals surface area contributed by atoms with E-state index in [4.69, 9.17) is 4.98 Å². The summed E-state index contributed by atoms with van der Waals surface area (Å²) in [5.41, 5.74) is 8.25. The van der Waals surface area contributed by atoms with Crippen molar-refractivity contribution in [3.05, 3.63) is 91.3 Å². The third kappa shape index (κ3) is 5.07. The molecule has 41 heavy (non-hydrogen) atoms. The summed E-state index contributed by atoms with van der Waals surface area (Å²) in [6.45, 7) is 6.40. The molecule has 1 fully saturated rings. The molecule has 0 atom stereocenters. The van der Waals surface area contributed by atoms with Crippen LogP contribution >= 0.6 is 0 Å². The second-order valence-corrected chi connectivity index (χ2v) is 10.6. The van der Waals surface area contributed by atoms with E-state index in [1.807, 2.05) is 42.6 Å². The Morgan fingerprint density at radius 3 is 2.73 bits per heavy atom. The number of pyridine rings is 2. The van der Waals surface area contributed by atoms with Gasteiger partial charge in [-0.3, -0.25) is 15.1 Å². The van der Waals surface area contributed by atoms with Gasteiger partial charge in [0.05, 0.1) is 40.3 Å². The average molecular weight is 545 g/mol. The van der Waals surface area contributed by atoms with Gasteiger partial charge in [0.25, 0.3) is 0 Å². The molecule has 204 valence electrons.